The Labute approximate surface area is 147 Å². The number of nitrogens with zero attached hydrogens (tertiary/aromatic N) is 3. The zero-order chi connectivity index (χ0) is 18.7. The van der Waals surface area contributed by atoms with Crippen molar-refractivity contribution in [1.82, 2.24) is 0 Å². The molecule has 0 unspecified atom stereocenters. The lowest BCUT2D eigenvalue weighted by atomic mass is 10.1. The summed E-state index contributed by atoms with van der Waals surface area (Å²) in [5.41, 5.74) is -1.03. The third-order valence-electron chi connectivity index (χ3n) is 3.27. The van der Waals surface area contributed by atoms with Gasteiger partial charge in [-0.1, -0.05) is 11.6 Å². The number of amides is 1. The average molecular weight is 365 g/mol. The second-order valence-corrected chi connectivity index (χ2v) is 5.67. The number of carbonyl (C=O) groups is 1. The van der Waals surface area contributed by atoms with Crippen molar-refractivity contribution >= 4 is 40.3 Å². The second kappa shape index (κ2) is 7.14. The topological polar surface area (TPSA) is 119 Å². The van der Waals surface area contributed by atoms with Crippen LogP contribution in [0.2, 0.25) is 5.02 Å². The molecule has 9 nitrogen and oxygen atoms in total. The number of nitrogens with one attached hydrogen (secondary N) is 1. The smallest absolute Gasteiger partial charge is 0.300 e. The Morgan fingerprint density at radius 3 is 1.92 bits per heavy atom. The molecule has 0 heterocycles. The van der Waals surface area contributed by atoms with Gasteiger partial charge in [-0.15, -0.1) is 0 Å². The van der Waals surface area contributed by atoms with Gasteiger partial charge in [0.1, 0.15) is 0 Å². The number of nitro groups is 2. The van der Waals surface area contributed by atoms with Gasteiger partial charge in [-0.05, 0) is 24.3 Å². The summed E-state index contributed by atoms with van der Waals surface area (Å²) >= 11 is 5.76. The first kappa shape index (κ1) is 18.1. The van der Waals surface area contributed by atoms with E-state index in [1.54, 1.807) is 12.1 Å². The van der Waals surface area contributed by atoms with Crippen molar-refractivity contribution in [2.75, 3.05) is 24.3 Å². The van der Waals surface area contributed by atoms with E-state index in [1.807, 2.05) is 0 Å². The standard InChI is InChI=1S/C15H13ClN4O5/c1-18(2)14-12(19(22)23)7-9(8-13(14)20(24)25)15(21)17-11-5-3-10(16)4-6-11/h3-8H,1-2H3,(H,17,21). The Morgan fingerprint density at radius 1 is 1.04 bits per heavy atom. The van der Waals surface area contributed by atoms with Crippen molar-refractivity contribution < 1.29 is 14.6 Å². The lowest BCUT2D eigenvalue weighted by Gasteiger charge is -2.14. The Morgan fingerprint density at radius 2 is 1.52 bits per heavy atom. The Balaban J connectivity index is 2.50. The van der Waals surface area contributed by atoms with E-state index >= 15 is 0 Å². The predicted molar refractivity (Wildman–Crippen MR) is 93.5 cm³/mol. The number of anilines is 2. The van der Waals surface area contributed by atoms with Gasteiger partial charge in [0.25, 0.3) is 17.3 Å². The second-order valence-electron chi connectivity index (χ2n) is 5.23. The molecule has 0 saturated heterocycles. The molecule has 0 aromatic heterocycles. The summed E-state index contributed by atoms with van der Waals surface area (Å²) in [5, 5.41) is 25.5. The van der Waals surface area contributed by atoms with Crippen LogP contribution in [0.25, 0.3) is 0 Å². The van der Waals surface area contributed by atoms with Crippen molar-refractivity contribution in [2.24, 2.45) is 0 Å². The molecule has 0 radical (unpaired) electrons. The molecular weight excluding hydrogens is 352 g/mol. The van der Waals surface area contributed by atoms with Crippen LogP contribution in [0.3, 0.4) is 0 Å². The molecule has 0 aliphatic heterocycles. The van der Waals surface area contributed by atoms with Crippen LogP contribution in [0.15, 0.2) is 36.4 Å². The highest BCUT2D eigenvalue weighted by Crippen LogP contribution is 2.37. The number of hydrogen-bond donors (Lipinski definition) is 1. The first-order valence-corrected chi connectivity index (χ1v) is 7.29. The fraction of sp³-hybridized carbons (Fsp3) is 0.133. The quantitative estimate of drug-likeness (QED) is 0.640. The number of carbonyl (C=O) groups excluding carboxylic acids is 1. The molecule has 1 amide bonds. The molecule has 0 aliphatic carbocycles. The summed E-state index contributed by atoms with van der Waals surface area (Å²) in [6.45, 7) is 0. The molecule has 25 heavy (non-hydrogen) atoms. The minimum absolute atomic E-state index is 0.182. The van der Waals surface area contributed by atoms with E-state index in [0.29, 0.717) is 10.7 Å². The highest BCUT2D eigenvalue weighted by atomic mass is 35.5. The van der Waals surface area contributed by atoms with Crippen LogP contribution < -0.4 is 10.2 Å². The minimum atomic E-state index is -0.762. The lowest BCUT2D eigenvalue weighted by molar-refractivity contribution is -0.392. The van der Waals surface area contributed by atoms with E-state index < -0.39 is 27.1 Å². The molecule has 130 valence electrons. The van der Waals surface area contributed by atoms with Crippen LogP contribution in [0.4, 0.5) is 22.7 Å². The molecule has 2 rings (SSSR count). The van der Waals surface area contributed by atoms with Crippen molar-refractivity contribution in [2.45, 2.75) is 0 Å². The number of nitro benzene ring substituents is 2. The van der Waals surface area contributed by atoms with E-state index in [0.717, 1.165) is 12.1 Å². The van der Waals surface area contributed by atoms with Gasteiger partial charge in [-0.2, -0.15) is 0 Å². The molecule has 0 bridgehead atoms. The van der Waals surface area contributed by atoms with Crippen LogP contribution in [0.1, 0.15) is 10.4 Å². The first-order chi connectivity index (χ1) is 11.7. The predicted octanol–water partition coefficient (Wildman–Crippen LogP) is 3.47. The molecule has 0 atom stereocenters. The normalized spacial score (nSPS) is 10.2. The van der Waals surface area contributed by atoms with Crippen LogP contribution in [-0.4, -0.2) is 29.8 Å². The summed E-state index contributed by atoms with van der Waals surface area (Å²) in [7, 11) is 2.89. The van der Waals surface area contributed by atoms with Crippen LogP contribution in [-0.2, 0) is 0 Å². The monoisotopic (exact) mass is 364 g/mol. The zero-order valence-corrected chi connectivity index (χ0v) is 14.0. The van der Waals surface area contributed by atoms with Gasteiger partial charge in [0.15, 0.2) is 5.69 Å². The molecule has 0 fully saturated rings. The van der Waals surface area contributed by atoms with E-state index in [9.17, 15) is 25.0 Å². The van der Waals surface area contributed by atoms with Crippen molar-refractivity contribution in [3.8, 4) is 0 Å². The highest BCUT2D eigenvalue weighted by molar-refractivity contribution is 6.30. The van der Waals surface area contributed by atoms with E-state index in [4.69, 9.17) is 11.6 Å². The van der Waals surface area contributed by atoms with E-state index in [-0.39, 0.29) is 11.3 Å². The van der Waals surface area contributed by atoms with Crippen molar-refractivity contribution in [3.05, 3.63) is 67.2 Å². The van der Waals surface area contributed by atoms with Gasteiger partial charge in [0.05, 0.1) is 15.4 Å². The molecule has 2 aromatic rings. The maximum absolute atomic E-state index is 12.3. The van der Waals surface area contributed by atoms with Gasteiger partial charge in [0, 0.05) is 36.9 Å². The third-order valence-corrected chi connectivity index (χ3v) is 3.53. The Hall–Kier alpha value is -3.20. The average Bonchev–Trinajstić information content (AvgIpc) is 2.55. The maximum Gasteiger partial charge on any atom is 0.300 e. The van der Waals surface area contributed by atoms with Crippen LogP contribution in [0.5, 0.6) is 0 Å². The van der Waals surface area contributed by atoms with Gasteiger partial charge >= 0.3 is 0 Å². The number of rotatable bonds is 5. The number of benzene rings is 2. The van der Waals surface area contributed by atoms with Crippen LogP contribution >= 0.6 is 11.6 Å². The molecule has 0 spiro atoms. The van der Waals surface area contributed by atoms with Gasteiger partial charge in [-0.3, -0.25) is 25.0 Å². The molecule has 0 aliphatic rings. The maximum atomic E-state index is 12.3. The van der Waals surface area contributed by atoms with Gasteiger partial charge in [0.2, 0.25) is 0 Å². The van der Waals surface area contributed by atoms with Gasteiger partial charge < -0.3 is 10.2 Å². The first-order valence-electron chi connectivity index (χ1n) is 6.91. The van der Waals surface area contributed by atoms with Crippen LogP contribution in [0, 0.1) is 20.2 Å². The molecule has 1 N–H and O–H groups in total. The minimum Gasteiger partial charge on any atom is -0.366 e. The molecular formula is C15H13ClN4O5. The summed E-state index contributed by atoms with van der Waals surface area (Å²) in [4.78, 5) is 34.6. The zero-order valence-electron chi connectivity index (χ0n) is 13.2. The highest BCUT2D eigenvalue weighted by Gasteiger charge is 2.29. The number of halogens is 1. The Bertz CT molecular complexity index is 816. The third kappa shape index (κ3) is 4.01. The summed E-state index contributed by atoms with van der Waals surface area (Å²) in [6, 6.07) is 8.20. The molecule has 10 heteroatoms. The van der Waals surface area contributed by atoms with Gasteiger partial charge in [-0.25, -0.2) is 0 Å². The van der Waals surface area contributed by atoms with Crippen molar-refractivity contribution in [1.29, 1.82) is 0 Å². The Kier molecular flexibility index (Phi) is 5.18. The van der Waals surface area contributed by atoms with Crippen molar-refractivity contribution in [3.63, 3.8) is 0 Å². The summed E-state index contributed by atoms with van der Waals surface area (Å²) < 4.78 is 0. The molecule has 2 aromatic carbocycles. The molecule has 0 saturated carbocycles. The lowest BCUT2D eigenvalue weighted by Crippen LogP contribution is -2.17. The fourth-order valence-corrected chi connectivity index (χ4v) is 2.33. The van der Waals surface area contributed by atoms with E-state index in [1.165, 1.54) is 31.1 Å². The SMILES string of the molecule is CN(C)c1c([N+](=O)[O-])cc(C(=O)Nc2ccc(Cl)cc2)cc1[N+](=O)[O-]. The number of hydrogen-bond acceptors (Lipinski definition) is 6. The van der Waals surface area contributed by atoms with E-state index in [2.05, 4.69) is 5.32 Å². The summed E-state index contributed by atoms with van der Waals surface area (Å²) in [5.74, 6) is -0.709. The fourth-order valence-electron chi connectivity index (χ4n) is 2.21. The largest absolute Gasteiger partial charge is 0.366 e. The summed E-state index contributed by atoms with van der Waals surface area (Å²) in [6.07, 6.45) is 0.